The summed E-state index contributed by atoms with van der Waals surface area (Å²) in [6, 6.07) is 6.46. The maximum Gasteiger partial charge on any atom is 0.0485 e. The molecule has 1 nitrogen and oxygen atoms in total. The van der Waals surface area contributed by atoms with Crippen LogP contribution in [0.5, 0.6) is 0 Å². The van der Waals surface area contributed by atoms with Gasteiger partial charge in [-0.2, -0.15) is 0 Å². The van der Waals surface area contributed by atoms with Crippen molar-refractivity contribution < 1.29 is 0 Å². The van der Waals surface area contributed by atoms with E-state index in [2.05, 4.69) is 52.5 Å². The van der Waals surface area contributed by atoms with Crippen LogP contribution in [-0.4, -0.2) is 10.4 Å². The molecule has 0 unspecified atom stereocenters. The Kier molecular flexibility index (Phi) is 3.60. The zero-order chi connectivity index (χ0) is 11.7. The third-order valence-electron chi connectivity index (χ3n) is 3.12. The van der Waals surface area contributed by atoms with Gasteiger partial charge in [0.2, 0.25) is 0 Å². The Hall–Kier alpha value is -0.470. The van der Waals surface area contributed by atoms with Gasteiger partial charge in [0, 0.05) is 33.5 Å². The molecule has 2 rings (SSSR count). The molecule has 0 saturated heterocycles. The molecule has 0 aliphatic rings. The van der Waals surface area contributed by atoms with Crippen molar-refractivity contribution in [3.8, 4) is 0 Å². The minimum absolute atomic E-state index is 0.717. The largest absolute Gasteiger partial charge is 0.345 e. The van der Waals surface area contributed by atoms with E-state index in [0.29, 0.717) is 5.88 Å². The smallest absolute Gasteiger partial charge is 0.0485 e. The highest BCUT2D eigenvalue weighted by Crippen LogP contribution is 2.28. The molecule has 1 aromatic carbocycles. The average Bonchev–Trinajstić information content (AvgIpc) is 2.50. The van der Waals surface area contributed by atoms with Gasteiger partial charge in [-0.3, -0.25) is 0 Å². The summed E-state index contributed by atoms with van der Waals surface area (Å²) in [6.07, 6.45) is 1.02. The first-order valence-electron chi connectivity index (χ1n) is 5.46. The van der Waals surface area contributed by atoms with Crippen molar-refractivity contribution in [1.82, 2.24) is 4.57 Å². The molecule has 0 spiro atoms. The van der Waals surface area contributed by atoms with Crippen LogP contribution in [0.15, 0.2) is 22.7 Å². The highest BCUT2D eigenvalue weighted by atomic mass is 79.9. The zero-order valence-electron chi connectivity index (χ0n) is 9.56. The van der Waals surface area contributed by atoms with Crippen molar-refractivity contribution in [2.75, 3.05) is 5.88 Å². The minimum atomic E-state index is 0.717. The van der Waals surface area contributed by atoms with Crippen molar-refractivity contribution in [2.45, 2.75) is 26.8 Å². The van der Waals surface area contributed by atoms with Gasteiger partial charge in [0.15, 0.2) is 0 Å². The summed E-state index contributed by atoms with van der Waals surface area (Å²) in [5.41, 5.74) is 4.02. The Bertz CT molecular complexity index is 516. The van der Waals surface area contributed by atoms with Crippen molar-refractivity contribution in [2.24, 2.45) is 0 Å². The predicted octanol–water partition coefficient (Wildman–Crippen LogP) is 4.65. The Balaban J connectivity index is 2.59. The van der Waals surface area contributed by atoms with Gasteiger partial charge in [0.05, 0.1) is 0 Å². The molecular formula is C13H15BrClN. The van der Waals surface area contributed by atoms with Crippen LogP contribution in [0.3, 0.4) is 0 Å². The summed E-state index contributed by atoms with van der Waals surface area (Å²) in [4.78, 5) is 0. The van der Waals surface area contributed by atoms with Crippen LogP contribution in [0.25, 0.3) is 10.9 Å². The molecule has 0 radical (unpaired) electrons. The van der Waals surface area contributed by atoms with Gasteiger partial charge in [0.25, 0.3) is 0 Å². The van der Waals surface area contributed by atoms with E-state index in [9.17, 15) is 0 Å². The lowest BCUT2D eigenvalue weighted by atomic mass is 10.2. The Morgan fingerprint density at radius 2 is 2.06 bits per heavy atom. The SMILES string of the molecule is Cc1c(C)n(CCCCl)c2ccc(Br)cc12. The van der Waals surface area contributed by atoms with Gasteiger partial charge < -0.3 is 4.57 Å². The first-order chi connectivity index (χ1) is 7.65. The Morgan fingerprint density at radius 3 is 2.75 bits per heavy atom. The molecule has 0 aliphatic heterocycles. The number of rotatable bonds is 3. The second kappa shape index (κ2) is 4.80. The molecule has 0 bridgehead atoms. The number of benzene rings is 1. The molecule has 1 aromatic heterocycles. The summed E-state index contributed by atoms with van der Waals surface area (Å²) in [7, 11) is 0. The summed E-state index contributed by atoms with van der Waals surface area (Å²) in [5, 5.41) is 1.33. The second-order valence-electron chi connectivity index (χ2n) is 4.07. The minimum Gasteiger partial charge on any atom is -0.345 e. The van der Waals surface area contributed by atoms with E-state index in [1.165, 1.54) is 22.2 Å². The number of aryl methyl sites for hydroxylation is 2. The molecule has 0 amide bonds. The van der Waals surface area contributed by atoms with E-state index in [1.807, 2.05) is 0 Å². The lowest BCUT2D eigenvalue weighted by Gasteiger charge is -2.06. The number of aromatic nitrogens is 1. The maximum atomic E-state index is 5.77. The van der Waals surface area contributed by atoms with E-state index < -0.39 is 0 Å². The van der Waals surface area contributed by atoms with Crippen LogP contribution in [0.4, 0.5) is 0 Å². The monoisotopic (exact) mass is 299 g/mol. The van der Waals surface area contributed by atoms with Crippen LogP contribution < -0.4 is 0 Å². The molecule has 3 heteroatoms. The molecule has 2 aromatic rings. The number of alkyl halides is 1. The van der Waals surface area contributed by atoms with Crippen LogP contribution in [0.1, 0.15) is 17.7 Å². The van der Waals surface area contributed by atoms with E-state index in [4.69, 9.17) is 11.6 Å². The lowest BCUT2D eigenvalue weighted by Crippen LogP contribution is -2.00. The van der Waals surface area contributed by atoms with Gasteiger partial charge in [-0.25, -0.2) is 0 Å². The van der Waals surface area contributed by atoms with Crippen LogP contribution in [0, 0.1) is 13.8 Å². The zero-order valence-corrected chi connectivity index (χ0v) is 11.9. The summed E-state index contributed by atoms with van der Waals surface area (Å²) in [6.45, 7) is 5.36. The quantitative estimate of drug-likeness (QED) is 0.727. The molecule has 16 heavy (non-hydrogen) atoms. The second-order valence-corrected chi connectivity index (χ2v) is 5.36. The lowest BCUT2D eigenvalue weighted by molar-refractivity contribution is 0.687. The molecule has 0 atom stereocenters. The van der Waals surface area contributed by atoms with E-state index in [0.717, 1.165) is 17.4 Å². The topological polar surface area (TPSA) is 4.93 Å². The van der Waals surface area contributed by atoms with Crippen LogP contribution in [0.2, 0.25) is 0 Å². The molecular weight excluding hydrogens is 286 g/mol. The first kappa shape index (κ1) is 12.0. The summed E-state index contributed by atoms with van der Waals surface area (Å²) < 4.78 is 3.50. The highest BCUT2D eigenvalue weighted by Gasteiger charge is 2.10. The van der Waals surface area contributed by atoms with Gasteiger partial charge in [-0.1, -0.05) is 15.9 Å². The number of hydrogen-bond donors (Lipinski definition) is 0. The summed E-state index contributed by atoms with van der Waals surface area (Å²) >= 11 is 9.29. The standard InChI is InChI=1S/C13H15BrClN/c1-9-10(2)16(7-3-6-15)13-5-4-11(14)8-12(9)13/h4-5,8H,3,6-7H2,1-2H3. The van der Waals surface area contributed by atoms with Gasteiger partial charge in [-0.05, 0) is 44.0 Å². The average molecular weight is 301 g/mol. The molecule has 1 heterocycles. The maximum absolute atomic E-state index is 5.77. The normalized spacial score (nSPS) is 11.2. The number of fused-ring (bicyclic) bond motifs is 1. The molecule has 0 fully saturated rings. The number of nitrogens with zero attached hydrogens (tertiary/aromatic N) is 1. The fourth-order valence-corrected chi connectivity index (χ4v) is 2.61. The fourth-order valence-electron chi connectivity index (χ4n) is 2.13. The van der Waals surface area contributed by atoms with E-state index >= 15 is 0 Å². The summed E-state index contributed by atoms with van der Waals surface area (Å²) in [5.74, 6) is 0.717. The highest BCUT2D eigenvalue weighted by molar-refractivity contribution is 9.10. The van der Waals surface area contributed by atoms with Gasteiger partial charge in [-0.15, -0.1) is 11.6 Å². The first-order valence-corrected chi connectivity index (χ1v) is 6.79. The van der Waals surface area contributed by atoms with E-state index in [-0.39, 0.29) is 0 Å². The number of halogens is 2. The third-order valence-corrected chi connectivity index (χ3v) is 3.88. The molecule has 0 saturated carbocycles. The fraction of sp³-hybridized carbons (Fsp3) is 0.385. The van der Waals surface area contributed by atoms with E-state index in [1.54, 1.807) is 0 Å². The molecule has 86 valence electrons. The van der Waals surface area contributed by atoms with Crippen molar-refractivity contribution in [1.29, 1.82) is 0 Å². The Labute approximate surface area is 110 Å². The van der Waals surface area contributed by atoms with Crippen LogP contribution >= 0.6 is 27.5 Å². The van der Waals surface area contributed by atoms with Crippen molar-refractivity contribution in [3.63, 3.8) is 0 Å². The van der Waals surface area contributed by atoms with Crippen molar-refractivity contribution >= 4 is 38.4 Å². The third kappa shape index (κ3) is 2.01. The predicted molar refractivity (Wildman–Crippen MR) is 74.4 cm³/mol. The van der Waals surface area contributed by atoms with Gasteiger partial charge in [0.1, 0.15) is 0 Å². The van der Waals surface area contributed by atoms with Gasteiger partial charge >= 0.3 is 0 Å². The van der Waals surface area contributed by atoms with Crippen LogP contribution in [-0.2, 0) is 6.54 Å². The molecule has 0 N–H and O–H groups in total. The van der Waals surface area contributed by atoms with Crippen molar-refractivity contribution in [3.05, 3.63) is 33.9 Å². The molecule has 0 aliphatic carbocycles. The Morgan fingerprint density at radius 1 is 1.31 bits per heavy atom. The number of hydrogen-bond acceptors (Lipinski definition) is 0.